The molecule has 4 aromatic rings. The molecule has 2 heterocycles. The third-order valence-corrected chi connectivity index (χ3v) is 6.00. The van der Waals surface area contributed by atoms with E-state index in [2.05, 4.69) is 20.8 Å². The second-order valence-corrected chi connectivity index (χ2v) is 8.04. The fraction of sp³-hybridized carbons (Fsp3) is 0.292. The monoisotopic (exact) mass is 405 g/mol. The molecule has 0 radical (unpaired) electrons. The van der Waals surface area contributed by atoms with E-state index >= 15 is 0 Å². The van der Waals surface area contributed by atoms with Crippen LogP contribution in [0.4, 0.5) is 5.69 Å². The number of aromatic hydroxyl groups is 1. The van der Waals surface area contributed by atoms with Crippen molar-refractivity contribution in [3.63, 3.8) is 0 Å². The van der Waals surface area contributed by atoms with Crippen molar-refractivity contribution in [1.82, 2.24) is 9.55 Å². The maximum Gasteiger partial charge on any atom is 0.203 e. The molecule has 0 spiro atoms. The molecule has 2 aromatic heterocycles. The quantitative estimate of drug-likeness (QED) is 0.470. The van der Waals surface area contributed by atoms with E-state index < -0.39 is 0 Å². The van der Waals surface area contributed by atoms with Crippen LogP contribution in [0.3, 0.4) is 0 Å². The normalized spacial score (nSPS) is 11.9. The first-order valence-electron chi connectivity index (χ1n) is 9.97. The first-order chi connectivity index (χ1) is 14.3. The van der Waals surface area contributed by atoms with Gasteiger partial charge in [0, 0.05) is 28.2 Å². The highest BCUT2D eigenvalue weighted by atomic mass is 16.5. The minimum Gasteiger partial charge on any atom is -0.497 e. The summed E-state index contributed by atoms with van der Waals surface area (Å²) in [5.41, 5.74) is 9.98. The fourth-order valence-electron chi connectivity index (χ4n) is 3.84. The zero-order valence-corrected chi connectivity index (χ0v) is 18.0. The summed E-state index contributed by atoms with van der Waals surface area (Å²) in [7, 11) is 3.27. The molecule has 2 aromatic carbocycles. The van der Waals surface area contributed by atoms with Crippen LogP contribution in [0.5, 0.6) is 17.4 Å². The molecule has 30 heavy (non-hydrogen) atoms. The van der Waals surface area contributed by atoms with Crippen molar-refractivity contribution >= 4 is 27.5 Å². The zero-order valence-electron chi connectivity index (χ0n) is 18.0. The van der Waals surface area contributed by atoms with Gasteiger partial charge in [0.1, 0.15) is 11.5 Å². The topological polar surface area (TPSA) is 82.5 Å². The van der Waals surface area contributed by atoms with Gasteiger partial charge in [-0.15, -0.1) is 0 Å². The number of nitrogens with zero attached hydrogens (tertiary/aromatic N) is 2. The van der Waals surface area contributed by atoms with Crippen molar-refractivity contribution in [1.29, 1.82) is 0 Å². The Morgan fingerprint density at radius 2 is 1.87 bits per heavy atom. The Labute approximate surface area is 175 Å². The van der Waals surface area contributed by atoms with E-state index in [9.17, 15) is 5.11 Å². The highest BCUT2D eigenvalue weighted by molar-refractivity contribution is 6.12. The molecular formula is C24H27N3O3. The Hall–Kier alpha value is -3.41. The average molecular weight is 405 g/mol. The summed E-state index contributed by atoms with van der Waals surface area (Å²) in [6.07, 6.45) is 2.73. The number of nitrogen functional groups attached to an aromatic ring is 1. The number of hydrogen-bond donors (Lipinski definition) is 2. The lowest BCUT2D eigenvalue weighted by molar-refractivity contribution is 0.296. The molecule has 0 unspecified atom stereocenters. The van der Waals surface area contributed by atoms with Crippen molar-refractivity contribution in [3.8, 4) is 28.5 Å². The first kappa shape index (κ1) is 19.9. The summed E-state index contributed by atoms with van der Waals surface area (Å²) in [4.78, 5) is 4.92. The van der Waals surface area contributed by atoms with Gasteiger partial charge in [-0.05, 0) is 38.5 Å². The highest BCUT2D eigenvalue weighted by Crippen LogP contribution is 2.43. The van der Waals surface area contributed by atoms with E-state index in [0.29, 0.717) is 16.6 Å². The predicted molar refractivity (Wildman–Crippen MR) is 121 cm³/mol. The lowest BCUT2D eigenvalue weighted by Crippen LogP contribution is -2.23. The molecule has 0 saturated heterocycles. The van der Waals surface area contributed by atoms with Crippen LogP contribution in [-0.4, -0.2) is 28.9 Å². The molecule has 0 atom stereocenters. The van der Waals surface area contributed by atoms with E-state index in [1.807, 2.05) is 47.2 Å². The maximum absolute atomic E-state index is 10.9. The second-order valence-electron chi connectivity index (χ2n) is 8.04. The summed E-state index contributed by atoms with van der Waals surface area (Å²) in [6, 6.07) is 11.5. The minimum atomic E-state index is -0.262. The molecular weight excluding hydrogens is 378 g/mol. The van der Waals surface area contributed by atoms with Crippen LogP contribution in [0.25, 0.3) is 32.9 Å². The first-order valence-corrected chi connectivity index (χ1v) is 9.97. The summed E-state index contributed by atoms with van der Waals surface area (Å²) in [5.74, 6) is 1.59. The van der Waals surface area contributed by atoms with Gasteiger partial charge in [-0.1, -0.05) is 25.1 Å². The molecule has 0 aliphatic carbocycles. The lowest BCUT2D eigenvalue weighted by Gasteiger charge is -2.25. The Bertz CT molecular complexity index is 1260. The third kappa shape index (κ3) is 2.91. The third-order valence-electron chi connectivity index (χ3n) is 6.00. The average Bonchev–Trinajstić information content (AvgIpc) is 3.10. The number of ether oxygens (including phenoxy) is 2. The van der Waals surface area contributed by atoms with Gasteiger partial charge in [-0.2, -0.15) is 0 Å². The number of methoxy groups -OCH3 is 2. The molecule has 0 bridgehead atoms. The van der Waals surface area contributed by atoms with Gasteiger partial charge in [-0.25, -0.2) is 4.98 Å². The minimum absolute atomic E-state index is 0.146. The van der Waals surface area contributed by atoms with Crippen LogP contribution in [-0.2, 0) is 5.54 Å². The molecule has 3 N–H and O–H groups in total. The van der Waals surface area contributed by atoms with Crippen LogP contribution in [0.2, 0.25) is 0 Å². The van der Waals surface area contributed by atoms with Crippen LogP contribution >= 0.6 is 0 Å². The molecule has 0 fully saturated rings. The number of para-hydroxylation sites is 1. The SMILES string of the molecule is CCC(C)(C)n1cc2nc3c(-c4cc(OC)ccc4OC)cccc3c(N)c2c1O. The van der Waals surface area contributed by atoms with Gasteiger partial charge < -0.3 is 24.9 Å². The summed E-state index contributed by atoms with van der Waals surface area (Å²) < 4.78 is 12.9. The zero-order chi connectivity index (χ0) is 21.6. The highest BCUT2D eigenvalue weighted by Gasteiger charge is 2.25. The number of benzene rings is 2. The maximum atomic E-state index is 10.9. The summed E-state index contributed by atoms with van der Waals surface area (Å²) in [5, 5.41) is 12.3. The van der Waals surface area contributed by atoms with Gasteiger partial charge in [-0.3, -0.25) is 0 Å². The summed E-state index contributed by atoms with van der Waals surface area (Å²) >= 11 is 0. The molecule has 156 valence electrons. The van der Waals surface area contributed by atoms with Gasteiger partial charge in [0.05, 0.1) is 36.3 Å². The van der Waals surface area contributed by atoms with Gasteiger partial charge in [0.2, 0.25) is 5.88 Å². The van der Waals surface area contributed by atoms with Crippen LogP contribution in [0.15, 0.2) is 42.6 Å². The number of nitrogens with two attached hydrogens (primary N) is 1. The van der Waals surface area contributed by atoms with Gasteiger partial charge >= 0.3 is 0 Å². The van der Waals surface area contributed by atoms with E-state index in [-0.39, 0.29) is 11.4 Å². The summed E-state index contributed by atoms with van der Waals surface area (Å²) in [6.45, 7) is 6.24. The Morgan fingerprint density at radius 3 is 2.53 bits per heavy atom. The number of aromatic nitrogens is 2. The number of fused-ring (bicyclic) bond motifs is 2. The number of anilines is 1. The molecule has 6 nitrogen and oxygen atoms in total. The van der Waals surface area contributed by atoms with E-state index in [4.69, 9.17) is 20.2 Å². The van der Waals surface area contributed by atoms with Gasteiger partial charge in [0.25, 0.3) is 0 Å². The Morgan fingerprint density at radius 1 is 1.10 bits per heavy atom. The lowest BCUT2D eigenvalue weighted by atomic mass is 9.99. The molecule has 6 heteroatoms. The van der Waals surface area contributed by atoms with Crippen molar-refractivity contribution < 1.29 is 14.6 Å². The van der Waals surface area contributed by atoms with E-state index in [1.54, 1.807) is 14.2 Å². The van der Waals surface area contributed by atoms with Crippen LogP contribution < -0.4 is 15.2 Å². The molecule has 0 saturated carbocycles. The molecule has 4 rings (SSSR count). The number of hydrogen-bond acceptors (Lipinski definition) is 5. The van der Waals surface area contributed by atoms with Crippen molar-refractivity contribution in [2.45, 2.75) is 32.7 Å². The number of pyridine rings is 1. The fourth-order valence-corrected chi connectivity index (χ4v) is 3.84. The van der Waals surface area contributed by atoms with Crippen molar-refractivity contribution in [3.05, 3.63) is 42.6 Å². The van der Waals surface area contributed by atoms with Crippen molar-refractivity contribution in [2.24, 2.45) is 0 Å². The largest absolute Gasteiger partial charge is 0.497 e. The van der Waals surface area contributed by atoms with E-state index in [1.165, 1.54) is 0 Å². The van der Waals surface area contributed by atoms with E-state index in [0.717, 1.165) is 39.9 Å². The van der Waals surface area contributed by atoms with Crippen LogP contribution in [0.1, 0.15) is 27.2 Å². The van der Waals surface area contributed by atoms with Crippen LogP contribution in [0, 0.1) is 0 Å². The molecule has 0 aliphatic rings. The predicted octanol–water partition coefficient (Wildman–Crippen LogP) is 5.31. The smallest absolute Gasteiger partial charge is 0.203 e. The second kappa shape index (κ2) is 7.13. The molecule has 0 aliphatic heterocycles. The number of rotatable bonds is 5. The Kier molecular flexibility index (Phi) is 4.73. The Balaban J connectivity index is 2.07. The standard InChI is InChI=1S/C24H27N3O3/c1-6-24(2,3)27-13-18-20(23(27)28)21(25)16-9-7-8-15(22(16)26-18)17-12-14(29-4)10-11-19(17)30-5/h7-13,28H,6,25H2,1-5H3. The molecule has 0 amide bonds. The van der Waals surface area contributed by atoms with Gasteiger partial charge in [0.15, 0.2) is 0 Å². The van der Waals surface area contributed by atoms with Crippen molar-refractivity contribution in [2.75, 3.05) is 20.0 Å².